The minimum atomic E-state index is 0.665. The van der Waals surface area contributed by atoms with Crippen LogP contribution in [0, 0.1) is 11.3 Å². The fourth-order valence-electron chi connectivity index (χ4n) is 1.39. The van der Waals surface area contributed by atoms with E-state index in [2.05, 4.69) is 11.1 Å². The summed E-state index contributed by atoms with van der Waals surface area (Å²) in [6.07, 6.45) is 3.68. The summed E-state index contributed by atoms with van der Waals surface area (Å²) in [5.74, 6) is 0. The van der Waals surface area contributed by atoms with E-state index in [9.17, 15) is 0 Å². The van der Waals surface area contributed by atoms with E-state index < -0.39 is 0 Å². The highest BCUT2D eigenvalue weighted by molar-refractivity contribution is 5.88. The average molecular weight is 194 g/mol. The van der Waals surface area contributed by atoms with Crippen molar-refractivity contribution in [1.82, 2.24) is 4.98 Å². The largest absolute Gasteiger partial charge is 0.362 e. The molecule has 0 spiro atoms. The number of aromatic amines is 1. The third-order valence-electron chi connectivity index (χ3n) is 2.13. The van der Waals surface area contributed by atoms with Crippen LogP contribution in [0.4, 0.5) is 0 Å². The van der Waals surface area contributed by atoms with Crippen LogP contribution < -0.4 is 0 Å². The molecule has 15 heavy (non-hydrogen) atoms. The minimum absolute atomic E-state index is 0.665. The van der Waals surface area contributed by atoms with Gasteiger partial charge < -0.3 is 4.98 Å². The average Bonchev–Trinajstić information content (AvgIpc) is 2.80. The van der Waals surface area contributed by atoms with Crippen LogP contribution >= 0.6 is 0 Å². The normalized spacial score (nSPS) is 11.0. The number of benzene rings is 1. The molecule has 0 radical (unpaired) electrons. The van der Waals surface area contributed by atoms with Gasteiger partial charge in [-0.2, -0.15) is 5.26 Å². The highest BCUT2D eigenvalue weighted by atomic mass is 14.7. The van der Waals surface area contributed by atoms with Crippen molar-refractivity contribution in [3.63, 3.8) is 0 Å². The topological polar surface area (TPSA) is 39.6 Å². The molecule has 0 amide bonds. The van der Waals surface area contributed by atoms with Crippen LogP contribution in [0.3, 0.4) is 0 Å². The molecule has 72 valence electrons. The lowest BCUT2D eigenvalue weighted by molar-refractivity contribution is 1.38. The molecule has 1 aromatic carbocycles. The summed E-state index contributed by atoms with van der Waals surface area (Å²) >= 11 is 0. The minimum Gasteiger partial charge on any atom is -0.362 e. The molecule has 2 rings (SSSR count). The first-order chi connectivity index (χ1) is 7.40. The van der Waals surface area contributed by atoms with E-state index in [1.165, 1.54) is 0 Å². The third-order valence-corrected chi connectivity index (χ3v) is 2.13. The first-order valence-electron chi connectivity index (χ1n) is 4.71. The Morgan fingerprint density at radius 1 is 1.13 bits per heavy atom. The van der Waals surface area contributed by atoms with Gasteiger partial charge >= 0.3 is 0 Å². The van der Waals surface area contributed by atoms with Gasteiger partial charge in [-0.25, -0.2) is 0 Å². The van der Waals surface area contributed by atoms with Crippen LogP contribution in [0.2, 0.25) is 0 Å². The second-order valence-electron chi connectivity index (χ2n) is 3.16. The second-order valence-corrected chi connectivity index (χ2v) is 3.16. The first kappa shape index (κ1) is 9.29. The Hall–Kier alpha value is -2.27. The molecule has 0 aliphatic carbocycles. The molecule has 2 aromatic rings. The molecule has 0 aliphatic rings. The van der Waals surface area contributed by atoms with Crippen molar-refractivity contribution in [2.75, 3.05) is 0 Å². The van der Waals surface area contributed by atoms with Crippen molar-refractivity contribution in [3.8, 4) is 6.07 Å². The number of nitrogens with zero attached hydrogens (tertiary/aromatic N) is 1. The SMILES string of the molecule is N#C/C(=C/c1ccc[nH]1)c1ccccc1. The van der Waals surface area contributed by atoms with E-state index in [1.54, 1.807) is 0 Å². The van der Waals surface area contributed by atoms with Gasteiger partial charge in [-0.05, 0) is 23.8 Å². The molecule has 0 atom stereocenters. The monoisotopic (exact) mass is 194 g/mol. The van der Waals surface area contributed by atoms with Crippen molar-refractivity contribution in [2.24, 2.45) is 0 Å². The predicted molar refractivity (Wildman–Crippen MR) is 60.7 cm³/mol. The summed E-state index contributed by atoms with van der Waals surface area (Å²) in [6, 6.07) is 15.7. The molecule has 0 saturated carbocycles. The van der Waals surface area contributed by atoms with E-state index in [0.29, 0.717) is 5.57 Å². The number of aromatic nitrogens is 1. The van der Waals surface area contributed by atoms with E-state index in [-0.39, 0.29) is 0 Å². The highest BCUT2D eigenvalue weighted by Gasteiger charge is 1.99. The van der Waals surface area contributed by atoms with Crippen LogP contribution in [0.25, 0.3) is 11.6 Å². The van der Waals surface area contributed by atoms with Gasteiger partial charge in [-0.1, -0.05) is 30.3 Å². The van der Waals surface area contributed by atoms with Crippen LogP contribution in [-0.4, -0.2) is 4.98 Å². The van der Waals surface area contributed by atoms with Gasteiger partial charge in [-0.3, -0.25) is 0 Å². The Kier molecular flexibility index (Phi) is 2.66. The lowest BCUT2D eigenvalue weighted by Gasteiger charge is -1.97. The Balaban J connectivity index is 2.38. The van der Waals surface area contributed by atoms with Gasteiger partial charge in [-0.15, -0.1) is 0 Å². The molecular formula is C13H10N2. The van der Waals surface area contributed by atoms with Gasteiger partial charge in [0.2, 0.25) is 0 Å². The molecule has 0 saturated heterocycles. The van der Waals surface area contributed by atoms with E-state index >= 15 is 0 Å². The van der Waals surface area contributed by atoms with E-state index in [4.69, 9.17) is 5.26 Å². The zero-order chi connectivity index (χ0) is 10.5. The summed E-state index contributed by atoms with van der Waals surface area (Å²) in [7, 11) is 0. The predicted octanol–water partition coefficient (Wildman–Crippen LogP) is 3.08. The van der Waals surface area contributed by atoms with Crippen LogP contribution in [0.5, 0.6) is 0 Å². The summed E-state index contributed by atoms with van der Waals surface area (Å²) < 4.78 is 0. The molecule has 2 nitrogen and oxygen atoms in total. The smallest absolute Gasteiger partial charge is 0.0998 e. The molecule has 1 heterocycles. The zero-order valence-electron chi connectivity index (χ0n) is 8.14. The van der Waals surface area contributed by atoms with E-state index in [1.807, 2.05) is 54.7 Å². The Bertz CT molecular complexity index is 487. The molecule has 0 bridgehead atoms. The maximum absolute atomic E-state index is 9.05. The fraction of sp³-hybridized carbons (Fsp3) is 0. The van der Waals surface area contributed by atoms with Crippen molar-refractivity contribution in [3.05, 3.63) is 59.9 Å². The fourth-order valence-corrected chi connectivity index (χ4v) is 1.39. The van der Waals surface area contributed by atoms with E-state index in [0.717, 1.165) is 11.3 Å². The van der Waals surface area contributed by atoms with Crippen molar-refractivity contribution in [1.29, 1.82) is 5.26 Å². The Labute approximate surface area is 88.5 Å². The third kappa shape index (κ3) is 2.15. The summed E-state index contributed by atoms with van der Waals surface area (Å²) in [5, 5.41) is 9.05. The summed E-state index contributed by atoms with van der Waals surface area (Å²) in [4.78, 5) is 3.04. The van der Waals surface area contributed by atoms with Crippen molar-refractivity contribution < 1.29 is 0 Å². The highest BCUT2D eigenvalue weighted by Crippen LogP contribution is 2.15. The number of rotatable bonds is 2. The first-order valence-corrected chi connectivity index (χ1v) is 4.71. The lowest BCUT2D eigenvalue weighted by atomic mass is 10.1. The summed E-state index contributed by atoms with van der Waals surface area (Å²) in [5.41, 5.74) is 2.54. The Morgan fingerprint density at radius 2 is 1.93 bits per heavy atom. The maximum Gasteiger partial charge on any atom is 0.0998 e. The zero-order valence-corrected chi connectivity index (χ0v) is 8.14. The lowest BCUT2D eigenvalue weighted by Crippen LogP contribution is -1.80. The maximum atomic E-state index is 9.05. The van der Waals surface area contributed by atoms with Gasteiger partial charge in [0.1, 0.15) is 0 Å². The molecule has 0 unspecified atom stereocenters. The van der Waals surface area contributed by atoms with Gasteiger partial charge in [0.25, 0.3) is 0 Å². The molecule has 2 heteroatoms. The van der Waals surface area contributed by atoms with Gasteiger partial charge in [0.15, 0.2) is 0 Å². The number of nitrogens with one attached hydrogen (secondary N) is 1. The van der Waals surface area contributed by atoms with Crippen LogP contribution in [-0.2, 0) is 0 Å². The van der Waals surface area contributed by atoms with Crippen LogP contribution in [0.1, 0.15) is 11.3 Å². The van der Waals surface area contributed by atoms with Crippen LogP contribution in [0.15, 0.2) is 48.7 Å². The number of nitriles is 1. The van der Waals surface area contributed by atoms with Gasteiger partial charge in [0.05, 0.1) is 11.6 Å². The number of hydrogen-bond donors (Lipinski definition) is 1. The molecule has 0 aliphatic heterocycles. The quantitative estimate of drug-likeness (QED) is 0.733. The Morgan fingerprint density at radius 3 is 2.53 bits per heavy atom. The summed E-state index contributed by atoms with van der Waals surface area (Å²) in [6.45, 7) is 0. The van der Waals surface area contributed by atoms with Crippen molar-refractivity contribution in [2.45, 2.75) is 0 Å². The molecule has 1 N–H and O–H groups in total. The standard InChI is InChI=1S/C13H10N2/c14-10-12(9-13-7-4-8-15-13)11-5-2-1-3-6-11/h1-9,15H/b12-9-. The molecule has 1 aromatic heterocycles. The van der Waals surface area contributed by atoms with Crippen molar-refractivity contribution >= 4 is 11.6 Å². The number of hydrogen-bond acceptors (Lipinski definition) is 1. The number of allylic oxidation sites excluding steroid dienone is 1. The number of H-pyrrole nitrogens is 1. The second kappa shape index (κ2) is 4.30. The van der Waals surface area contributed by atoms with Gasteiger partial charge in [0, 0.05) is 11.9 Å². The molecular weight excluding hydrogens is 184 g/mol. The molecule has 0 fully saturated rings.